The van der Waals surface area contributed by atoms with Gasteiger partial charge in [-0.3, -0.25) is 4.79 Å². The fraction of sp³-hybridized carbons (Fsp3) is 0.0645. The number of carbonyl (C=O) groups excluding carboxylic acids is 1. The molecule has 0 aliphatic rings. The van der Waals surface area contributed by atoms with Crippen molar-refractivity contribution < 1.29 is 14.3 Å². The van der Waals surface area contributed by atoms with Gasteiger partial charge in [0, 0.05) is 11.3 Å². The molecule has 0 saturated heterocycles. The largest absolute Gasteiger partial charge is 0.489 e. The molecule has 0 aromatic heterocycles. The predicted octanol–water partition coefficient (Wildman–Crippen LogP) is 6.92. The second-order valence-corrected chi connectivity index (χ2v) is 8.58. The van der Waals surface area contributed by atoms with Crippen LogP contribution in [0.5, 0.6) is 11.5 Å². The van der Waals surface area contributed by atoms with Gasteiger partial charge in [0.2, 0.25) is 0 Å². The van der Waals surface area contributed by atoms with Crippen LogP contribution in [0.1, 0.15) is 22.3 Å². The molecule has 0 heterocycles. The molecule has 1 N–H and O–H groups in total. The van der Waals surface area contributed by atoms with Crippen LogP contribution >= 0.6 is 11.6 Å². The third-order valence-electron chi connectivity index (χ3n) is 5.51. The van der Waals surface area contributed by atoms with E-state index in [9.17, 15) is 15.3 Å². The predicted molar refractivity (Wildman–Crippen MR) is 146 cm³/mol. The van der Waals surface area contributed by atoms with Crippen molar-refractivity contribution in [1.29, 1.82) is 10.5 Å². The zero-order valence-electron chi connectivity index (χ0n) is 20.2. The normalized spacial score (nSPS) is 10.7. The molecule has 0 bridgehead atoms. The second-order valence-electron chi connectivity index (χ2n) is 8.17. The first-order valence-corrected chi connectivity index (χ1v) is 12.0. The first-order chi connectivity index (χ1) is 18.6. The molecule has 0 unspecified atom stereocenters. The first-order valence-electron chi connectivity index (χ1n) is 11.7. The van der Waals surface area contributed by atoms with Crippen molar-refractivity contribution in [3.63, 3.8) is 0 Å². The van der Waals surface area contributed by atoms with Crippen molar-refractivity contribution in [3.8, 4) is 23.6 Å². The maximum atomic E-state index is 12.7. The fourth-order valence-electron chi connectivity index (χ4n) is 3.52. The van der Waals surface area contributed by atoms with Crippen molar-refractivity contribution >= 4 is 29.3 Å². The smallest absolute Gasteiger partial charge is 0.266 e. The van der Waals surface area contributed by atoms with Crippen LogP contribution in [0.25, 0.3) is 6.08 Å². The molecule has 7 heteroatoms. The average Bonchev–Trinajstić information content (AvgIpc) is 2.95. The monoisotopic (exact) mass is 519 g/mol. The summed E-state index contributed by atoms with van der Waals surface area (Å²) in [6.45, 7) is 0.619. The molecule has 38 heavy (non-hydrogen) atoms. The Morgan fingerprint density at radius 1 is 0.868 bits per heavy atom. The number of nitriles is 2. The topological polar surface area (TPSA) is 95.1 Å². The van der Waals surface area contributed by atoms with Crippen LogP contribution in [-0.4, -0.2) is 5.91 Å². The van der Waals surface area contributed by atoms with Gasteiger partial charge in [-0.2, -0.15) is 10.5 Å². The Morgan fingerprint density at radius 2 is 1.61 bits per heavy atom. The molecule has 0 aliphatic carbocycles. The van der Waals surface area contributed by atoms with E-state index in [1.807, 2.05) is 48.5 Å². The number of hydrogen-bond donors (Lipinski definition) is 1. The lowest BCUT2D eigenvalue weighted by Gasteiger charge is -2.10. The Hall–Kier alpha value is -5.04. The summed E-state index contributed by atoms with van der Waals surface area (Å²) in [6, 6.07) is 32.9. The van der Waals surface area contributed by atoms with E-state index in [0.29, 0.717) is 39.9 Å². The van der Waals surface area contributed by atoms with Crippen molar-refractivity contribution in [1.82, 2.24) is 0 Å². The summed E-state index contributed by atoms with van der Waals surface area (Å²) in [4.78, 5) is 12.7. The van der Waals surface area contributed by atoms with E-state index in [-0.39, 0.29) is 12.2 Å². The molecule has 0 fully saturated rings. The van der Waals surface area contributed by atoms with E-state index in [1.54, 1.807) is 54.6 Å². The molecule has 0 spiro atoms. The maximum Gasteiger partial charge on any atom is 0.266 e. The molecule has 0 saturated carbocycles. The highest BCUT2D eigenvalue weighted by Gasteiger charge is 2.11. The number of nitrogens with zero attached hydrogens (tertiary/aromatic N) is 2. The standard InChI is InChI=1S/C31H22ClN3O3/c32-29-17-23(10-15-30(29)38-21-25-9-5-4-8-24(25)18-33)16-26(19-34)31(36)35-27-11-13-28(14-12-27)37-20-22-6-2-1-3-7-22/h1-17H,20-21H2,(H,35,36)/b26-16+. The van der Waals surface area contributed by atoms with Crippen molar-refractivity contribution in [3.05, 3.63) is 130 Å². The lowest BCUT2D eigenvalue weighted by molar-refractivity contribution is -0.112. The molecular formula is C31H22ClN3O3. The van der Waals surface area contributed by atoms with E-state index < -0.39 is 5.91 Å². The number of carbonyl (C=O) groups is 1. The van der Waals surface area contributed by atoms with Gasteiger partial charge in [-0.1, -0.05) is 66.2 Å². The molecule has 6 nitrogen and oxygen atoms in total. The SMILES string of the molecule is N#C/C(=C\c1ccc(OCc2ccccc2C#N)c(Cl)c1)C(=O)Nc1ccc(OCc2ccccc2)cc1. The highest BCUT2D eigenvalue weighted by atomic mass is 35.5. The van der Waals surface area contributed by atoms with E-state index in [0.717, 1.165) is 11.1 Å². The molecule has 186 valence electrons. The minimum Gasteiger partial charge on any atom is -0.489 e. The van der Waals surface area contributed by atoms with Gasteiger partial charge in [0.15, 0.2) is 0 Å². The van der Waals surface area contributed by atoms with Crippen molar-refractivity contribution in [2.24, 2.45) is 0 Å². The van der Waals surface area contributed by atoms with Crippen LogP contribution < -0.4 is 14.8 Å². The van der Waals surface area contributed by atoms with E-state index in [4.69, 9.17) is 21.1 Å². The Balaban J connectivity index is 1.37. The zero-order chi connectivity index (χ0) is 26.7. The Labute approximate surface area is 225 Å². The first kappa shape index (κ1) is 26.0. The minimum atomic E-state index is -0.546. The number of halogens is 1. The summed E-state index contributed by atoms with van der Waals surface area (Å²) in [5.41, 5.74) is 3.34. The van der Waals surface area contributed by atoms with Gasteiger partial charge in [0.05, 0.1) is 16.7 Å². The van der Waals surface area contributed by atoms with Gasteiger partial charge in [-0.15, -0.1) is 0 Å². The molecular weight excluding hydrogens is 498 g/mol. The second kappa shape index (κ2) is 12.8. The highest BCUT2D eigenvalue weighted by molar-refractivity contribution is 6.32. The van der Waals surface area contributed by atoms with Crippen LogP contribution in [0.15, 0.2) is 103 Å². The molecule has 0 aliphatic heterocycles. The highest BCUT2D eigenvalue weighted by Crippen LogP contribution is 2.28. The van der Waals surface area contributed by atoms with Crippen molar-refractivity contribution in [2.45, 2.75) is 13.2 Å². The Kier molecular flexibility index (Phi) is 8.76. The van der Waals surface area contributed by atoms with Gasteiger partial charge >= 0.3 is 0 Å². The quantitative estimate of drug-likeness (QED) is 0.191. The minimum absolute atomic E-state index is 0.0814. The van der Waals surface area contributed by atoms with Gasteiger partial charge in [0.1, 0.15) is 36.4 Å². The van der Waals surface area contributed by atoms with Crippen LogP contribution in [0, 0.1) is 22.7 Å². The number of amides is 1. The average molecular weight is 520 g/mol. The van der Waals surface area contributed by atoms with E-state index >= 15 is 0 Å². The van der Waals surface area contributed by atoms with Crippen LogP contribution in [0.3, 0.4) is 0 Å². The molecule has 4 rings (SSSR count). The molecule has 0 atom stereocenters. The maximum absolute atomic E-state index is 12.7. The van der Waals surface area contributed by atoms with Crippen LogP contribution in [0.2, 0.25) is 5.02 Å². The number of rotatable bonds is 9. The lowest BCUT2D eigenvalue weighted by atomic mass is 10.1. The van der Waals surface area contributed by atoms with Gasteiger partial charge in [-0.05, 0) is 59.7 Å². The van der Waals surface area contributed by atoms with E-state index in [2.05, 4.69) is 11.4 Å². The summed E-state index contributed by atoms with van der Waals surface area (Å²) in [6.07, 6.45) is 1.45. The Morgan fingerprint density at radius 3 is 2.32 bits per heavy atom. The third-order valence-corrected chi connectivity index (χ3v) is 5.81. The van der Waals surface area contributed by atoms with E-state index in [1.165, 1.54) is 6.08 Å². The zero-order valence-corrected chi connectivity index (χ0v) is 21.0. The number of nitrogens with one attached hydrogen (secondary N) is 1. The molecule has 1 amide bonds. The Bertz CT molecular complexity index is 1540. The van der Waals surface area contributed by atoms with Gasteiger partial charge < -0.3 is 14.8 Å². The third kappa shape index (κ3) is 7.01. The van der Waals surface area contributed by atoms with Gasteiger partial charge in [0.25, 0.3) is 5.91 Å². The molecule has 0 radical (unpaired) electrons. The van der Waals surface area contributed by atoms with Crippen LogP contribution in [-0.2, 0) is 18.0 Å². The summed E-state index contributed by atoms with van der Waals surface area (Å²) in [7, 11) is 0. The number of anilines is 1. The summed E-state index contributed by atoms with van der Waals surface area (Å²) in [5.74, 6) is 0.542. The lowest BCUT2D eigenvalue weighted by Crippen LogP contribution is -2.13. The van der Waals surface area contributed by atoms with Gasteiger partial charge in [-0.25, -0.2) is 0 Å². The number of ether oxygens (including phenoxy) is 2. The van der Waals surface area contributed by atoms with Crippen LogP contribution in [0.4, 0.5) is 5.69 Å². The summed E-state index contributed by atoms with van der Waals surface area (Å²) >= 11 is 6.37. The summed E-state index contributed by atoms with van der Waals surface area (Å²) < 4.78 is 11.5. The van der Waals surface area contributed by atoms with Crippen molar-refractivity contribution in [2.75, 3.05) is 5.32 Å². The molecule has 4 aromatic carbocycles. The molecule has 4 aromatic rings. The number of hydrogen-bond acceptors (Lipinski definition) is 5. The number of benzene rings is 4. The summed E-state index contributed by atoms with van der Waals surface area (Å²) in [5, 5.41) is 21.8. The fourth-order valence-corrected chi connectivity index (χ4v) is 3.77.